The number of unbranched alkanes of at least 4 members (excludes halogenated alkanes) is 10. The van der Waals surface area contributed by atoms with Gasteiger partial charge in [-0.05, 0) is 6.42 Å². The summed E-state index contributed by atoms with van der Waals surface area (Å²) in [6.07, 6.45) is 14.3. The summed E-state index contributed by atoms with van der Waals surface area (Å²) in [5.74, 6) is 0. The van der Waals surface area contributed by atoms with E-state index in [2.05, 4.69) is 11.4 Å². The lowest BCUT2D eigenvalue weighted by molar-refractivity contribution is 0.0831. The van der Waals surface area contributed by atoms with Crippen LogP contribution in [0.4, 0.5) is 0 Å². The van der Waals surface area contributed by atoms with E-state index in [9.17, 15) is 4.57 Å². The number of hydrogen-bond donors (Lipinski definition) is 2. The molecule has 0 saturated heterocycles. The van der Waals surface area contributed by atoms with E-state index >= 15 is 0 Å². The van der Waals surface area contributed by atoms with E-state index < -0.39 is 7.82 Å². The molecule has 0 aromatic heterocycles. The first-order valence-electron chi connectivity index (χ1n) is 8.34. The fourth-order valence-electron chi connectivity index (χ4n) is 2.19. The Morgan fingerprint density at radius 1 is 0.714 bits per heavy atom. The molecule has 0 rings (SSSR count). The highest BCUT2D eigenvalue weighted by atomic mass is 31.2. The Labute approximate surface area is 129 Å². The van der Waals surface area contributed by atoms with Crippen LogP contribution in [0.3, 0.4) is 0 Å². The molecule has 128 valence electrons. The van der Waals surface area contributed by atoms with Crippen molar-refractivity contribution in [2.24, 2.45) is 0 Å². The molecule has 6 heteroatoms. The minimum atomic E-state index is -4.33. The van der Waals surface area contributed by atoms with E-state index in [-0.39, 0.29) is 13.2 Å². The molecule has 0 atom stereocenters. The van der Waals surface area contributed by atoms with Crippen LogP contribution in [0.2, 0.25) is 0 Å². The summed E-state index contributed by atoms with van der Waals surface area (Å²) < 4.78 is 19.9. The van der Waals surface area contributed by atoms with Crippen molar-refractivity contribution >= 4 is 7.82 Å². The normalized spacial score (nSPS) is 12.0. The van der Waals surface area contributed by atoms with Gasteiger partial charge >= 0.3 is 7.82 Å². The van der Waals surface area contributed by atoms with Gasteiger partial charge in [-0.15, -0.1) is 0 Å². The lowest BCUT2D eigenvalue weighted by Gasteiger charge is -2.06. The molecule has 0 saturated carbocycles. The fourth-order valence-corrected chi connectivity index (χ4v) is 2.50. The van der Waals surface area contributed by atoms with Crippen molar-refractivity contribution in [3.63, 3.8) is 0 Å². The first-order valence-corrected chi connectivity index (χ1v) is 9.87. The average molecular weight is 324 g/mol. The van der Waals surface area contributed by atoms with Crippen LogP contribution in [-0.4, -0.2) is 29.6 Å². The van der Waals surface area contributed by atoms with Gasteiger partial charge < -0.3 is 14.5 Å². The zero-order chi connectivity index (χ0) is 15.8. The maximum atomic E-state index is 10.4. The van der Waals surface area contributed by atoms with E-state index in [1.54, 1.807) is 0 Å². The van der Waals surface area contributed by atoms with Crippen molar-refractivity contribution in [1.29, 1.82) is 0 Å². The fraction of sp³-hybridized carbons (Fsp3) is 1.00. The molecule has 0 aliphatic carbocycles. The Bertz CT molecular complexity index is 254. The highest BCUT2D eigenvalue weighted by molar-refractivity contribution is 7.46. The first kappa shape index (κ1) is 21.1. The van der Waals surface area contributed by atoms with Crippen LogP contribution >= 0.6 is 7.82 Å². The van der Waals surface area contributed by atoms with Crippen LogP contribution < -0.4 is 0 Å². The van der Waals surface area contributed by atoms with E-state index in [0.717, 1.165) is 12.8 Å². The standard InChI is InChI=1S/C15H33O5P/c1-2-3-4-5-6-7-8-9-10-11-12-13-19-14-15-20-21(16,17)18/h2-15H2,1H3,(H2,16,17,18). The van der Waals surface area contributed by atoms with Gasteiger partial charge in [0.1, 0.15) is 0 Å². The molecule has 0 fully saturated rings. The molecule has 0 aliphatic heterocycles. The lowest BCUT2D eigenvalue weighted by atomic mass is 10.1. The van der Waals surface area contributed by atoms with Gasteiger partial charge in [0.15, 0.2) is 0 Å². The Morgan fingerprint density at radius 3 is 1.67 bits per heavy atom. The maximum absolute atomic E-state index is 10.4. The number of ether oxygens (including phenoxy) is 1. The van der Waals surface area contributed by atoms with Gasteiger partial charge in [0.25, 0.3) is 0 Å². The van der Waals surface area contributed by atoms with Crippen molar-refractivity contribution < 1.29 is 23.6 Å². The third-order valence-electron chi connectivity index (χ3n) is 3.38. The molecule has 0 unspecified atom stereocenters. The summed E-state index contributed by atoms with van der Waals surface area (Å²) >= 11 is 0. The molecule has 0 amide bonds. The van der Waals surface area contributed by atoms with Crippen LogP contribution in [-0.2, 0) is 13.8 Å². The molecule has 0 aromatic carbocycles. The zero-order valence-corrected chi connectivity index (χ0v) is 14.4. The molecule has 0 radical (unpaired) electrons. The van der Waals surface area contributed by atoms with Crippen molar-refractivity contribution in [3.8, 4) is 0 Å². The molecule has 0 bridgehead atoms. The highest BCUT2D eigenvalue weighted by Gasteiger charge is 2.12. The third kappa shape index (κ3) is 20.1. The summed E-state index contributed by atoms with van der Waals surface area (Å²) in [5.41, 5.74) is 0. The summed E-state index contributed by atoms with van der Waals surface area (Å²) in [7, 11) is -4.33. The molecule has 0 aromatic rings. The second-order valence-electron chi connectivity index (χ2n) is 5.47. The molecule has 0 spiro atoms. The summed E-state index contributed by atoms with van der Waals surface area (Å²) in [4.78, 5) is 16.9. The number of rotatable bonds is 16. The quantitative estimate of drug-likeness (QED) is 0.324. The van der Waals surface area contributed by atoms with Crippen molar-refractivity contribution in [2.75, 3.05) is 19.8 Å². The van der Waals surface area contributed by atoms with Gasteiger partial charge in [-0.2, -0.15) is 0 Å². The van der Waals surface area contributed by atoms with Crippen LogP contribution in [0.5, 0.6) is 0 Å². The lowest BCUT2D eigenvalue weighted by Crippen LogP contribution is -2.04. The smallest absolute Gasteiger partial charge is 0.379 e. The Morgan fingerprint density at radius 2 is 1.19 bits per heavy atom. The minimum Gasteiger partial charge on any atom is -0.379 e. The molecule has 21 heavy (non-hydrogen) atoms. The van der Waals surface area contributed by atoms with Gasteiger partial charge in [0, 0.05) is 6.61 Å². The summed E-state index contributed by atoms with van der Waals surface area (Å²) in [5, 5.41) is 0. The predicted molar refractivity (Wildman–Crippen MR) is 85.3 cm³/mol. The van der Waals surface area contributed by atoms with Gasteiger partial charge in [-0.1, -0.05) is 71.1 Å². The van der Waals surface area contributed by atoms with Crippen LogP contribution in [0.25, 0.3) is 0 Å². The van der Waals surface area contributed by atoms with E-state index in [1.807, 2.05) is 0 Å². The van der Waals surface area contributed by atoms with Crippen LogP contribution in [0.15, 0.2) is 0 Å². The molecule has 5 nitrogen and oxygen atoms in total. The maximum Gasteiger partial charge on any atom is 0.469 e. The minimum absolute atomic E-state index is 0.0533. The second kappa shape index (κ2) is 15.0. The zero-order valence-electron chi connectivity index (χ0n) is 13.5. The third-order valence-corrected chi connectivity index (χ3v) is 3.90. The van der Waals surface area contributed by atoms with Crippen molar-refractivity contribution in [3.05, 3.63) is 0 Å². The number of phosphoric ester groups is 1. The molecular weight excluding hydrogens is 291 g/mol. The molecule has 2 N–H and O–H groups in total. The summed E-state index contributed by atoms with van der Waals surface area (Å²) in [6.45, 7) is 3.07. The van der Waals surface area contributed by atoms with Gasteiger partial charge in [-0.3, -0.25) is 4.52 Å². The Hall–Kier alpha value is 0.0700. The van der Waals surface area contributed by atoms with Gasteiger partial charge in [-0.25, -0.2) is 4.57 Å². The van der Waals surface area contributed by atoms with E-state index in [0.29, 0.717) is 6.61 Å². The van der Waals surface area contributed by atoms with E-state index in [4.69, 9.17) is 14.5 Å². The van der Waals surface area contributed by atoms with Gasteiger partial charge in [0.2, 0.25) is 0 Å². The monoisotopic (exact) mass is 324 g/mol. The largest absolute Gasteiger partial charge is 0.469 e. The van der Waals surface area contributed by atoms with E-state index in [1.165, 1.54) is 57.8 Å². The first-order chi connectivity index (χ1) is 10.1. The summed E-state index contributed by atoms with van der Waals surface area (Å²) in [6, 6.07) is 0. The van der Waals surface area contributed by atoms with Crippen LogP contribution in [0.1, 0.15) is 77.6 Å². The Kier molecular flexibility index (Phi) is 15.0. The van der Waals surface area contributed by atoms with Gasteiger partial charge in [0.05, 0.1) is 13.2 Å². The van der Waals surface area contributed by atoms with Crippen molar-refractivity contribution in [2.45, 2.75) is 77.6 Å². The number of hydrogen-bond acceptors (Lipinski definition) is 3. The topological polar surface area (TPSA) is 76.0 Å². The van der Waals surface area contributed by atoms with Crippen molar-refractivity contribution in [1.82, 2.24) is 0 Å². The average Bonchev–Trinajstić information content (AvgIpc) is 2.42. The molecular formula is C15H33O5P. The molecule has 0 heterocycles. The van der Waals surface area contributed by atoms with Crippen LogP contribution in [0, 0.1) is 0 Å². The second-order valence-corrected chi connectivity index (χ2v) is 6.71. The number of phosphoric acid groups is 1. The Balaban J connectivity index is 3.01. The highest BCUT2D eigenvalue weighted by Crippen LogP contribution is 2.35. The molecule has 0 aliphatic rings. The SMILES string of the molecule is CCCCCCCCCCCCCOCCOP(=O)(O)O. The predicted octanol–water partition coefficient (Wildman–Crippen LogP) is 4.42.